The lowest BCUT2D eigenvalue weighted by Gasteiger charge is -2.08. The monoisotopic (exact) mass is 390 g/mol. The SMILES string of the molecule is NC(=O)CN1C(=O)S/C(=C\c2cc(Cl)cc(Br)c2O)C1=O. The van der Waals surface area contributed by atoms with Gasteiger partial charge in [0.2, 0.25) is 5.91 Å². The van der Waals surface area contributed by atoms with Crippen molar-refractivity contribution in [1.29, 1.82) is 0 Å². The van der Waals surface area contributed by atoms with Crippen LogP contribution in [-0.4, -0.2) is 33.6 Å². The molecule has 0 aliphatic carbocycles. The van der Waals surface area contributed by atoms with Crippen LogP contribution in [0.15, 0.2) is 21.5 Å². The fraction of sp³-hybridized carbons (Fsp3) is 0.0833. The molecule has 1 aromatic carbocycles. The molecule has 2 rings (SSSR count). The van der Waals surface area contributed by atoms with Crippen molar-refractivity contribution < 1.29 is 19.5 Å². The molecule has 0 aromatic heterocycles. The van der Waals surface area contributed by atoms with E-state index in [1.54, 1.807) is 0 Å². The van der Waals surface area contributed by atoms with Gasteiger partial charge in [-0.25, -0.2) is 0 Å². The first-order valence-corrected chi connectivity index (χ1v) is 7.50. The van der Waals surface area contributed by atoms with Gasteiger partial charge in [-0.2, -0.15) is 0 Å². The summed E-state index contributed by atoms with van der Waals surface area (Å²) >= 11 is 9.65. The third-order valence-electron chi connectivity index (χ3n) is 2.53. The number of imide groups is 1. The lowest BCUT2D eigenvalue weighted by molar-refractivity contribution is -0.127. The Kier molecular flexibility index (Phi) is 4.60. The smallest absolute Gasteiger partial charge is 0.294 e. The lowest BCUT2D eigenvalue weighted by atomic mass is 10.2. The summed E-state index contributed by atoms with van der Waals surface area (Å²) in [5.41, 5.74) is 5.26. The number of benzene rings is 1. The number of hydrogen-bond acceptors (Lipinski definition) is 5. The summed E-state index contributed by atoms with van der Waals surface area (Å²) in [6, 6.07) is 2.94. The summed E-state index contributed by atoms with van der Waals surface area (Å²) < 4.78 is 0.359. The zero-order valence-electron chi connectivity index (χ0n) is 10.3. The number of halogens is 2. The summed E-state index contributed by atoms with van der Waals surface area (Å²) in [6.07, 6.45) is 1.33. The summed E-state index contributed by atoms with van der Waals surface area (Å²) in [5, 5.41) is 9.66. The maximum atomic E-state index is 12.0. The van der Waals surface area contributed by atoms with Gasteiger partial charge in [0.05, 0.1) is 9.38 Å². The van der Waals surface area contributed by atoms with Crippen molar-refractivity contribution in [3.63, 3.8) is 0 Å². The molecule has 6 nitrogen and oxygen atoms in total. The Morgan fingerprint density at radius 3 is 2.76 bits per heavy atom. The molecular formula is C12H8BrClN2O4S. The van der Waals surface area contributed by atoms with Gasteiger partial charge in [-0.05, 0) is 45.9 Å². The van der Waals surface area contributed by atoms with Crippen LogP contribution in [0.4, 0.5) is 4.79 Å². The van der Waals surface area contributed by atoms with E-state index in [0.717, 1.165) is 4.90 Å². The Morgan fingerprint density at radius 1 is 1.48 bits per heavy atom. The van der Waals surface area contributed by atoms with Crippen molar-refractivity contribution in [3.05, 3.63) is 32.1 Å². The van der Waals surface area contributed by atoms with Gasteiger partial charge in [-0.1, -0.05) is 11.6 Å². The van der Waals surface area contributed by atoms with E-state index in [1.165, 1.54) is 18.2 Å². The van der Waals surface area contributed by atoms with Crippen LogP contribution < -0.4 is 5.73 Å². The summed E-state index contributed by atoms with van der Waals surface area (Å²) in [4.78, 5) is 35.3. The number of amides is 3. The molecule has 0 atom stereocenters. The number of rotatable bonds is 3. The molecule has 3 N–H and O–H groups in total. The molecule has 0 radical (unpaired) electrons. The lowest BCUT2D eigenvalue weighted by Crippen LogP contribution is -2.36. The second kappa shape index (κ2) is 6.08. The van der Waals surface area contributed by atoms with E-state index in [1.807, 2.05) is 0 Å². The number of phenolic OH excluding ortho intramolecular Hbond substituents is 1. The van der Waals surface area contributed by atoms with Gasteiger partial charge in [0.15, 0.2) is 0 Å². The van der Waals surface area contributed by atoms with Gasteiger partial charge >= 0.3 is 0 Å². The molecule has 1 fully saturated rings. The summed E-state index contributed by atoms with van der Waals surface area (Å²) in [6.45, 7) is -0.479. The Labute approximate surface area is 137 Å². The third-order valence-corrected chi connectivity index (χ3v) is 4.26. The quantitative estimate of drug-likeness (QED) is 0.770. The standard InChI is InChI=1S/C12H8BrClN2O4S/c13-7-3-6(14)1-5(10(7)18)2-8-11(19)16(4-9(15)17)12(20)21-8/h1-3,18H,4H2,(H2,15,17)/b8-2-. The van der Waals surface area contributed by atoms with Gasteiger partial charge in [0.25, 0.3) is 11.1 Å². The number of primary amides is 1. The molecule has 0 spiro atoms. The number of hydrogen-bond donors (Lipinski definition) is 2. The van der Waals surface area contributed by atoms with E-state index in [0.29, 0.717) is 21.3 Å². The minimum absolute atomic E-state index is 0.0747. The Hall–Kier alpha value is -1.51. The average Bonchev–Trinajstić information content (AvgIpc) is 2.63. The first-order valence-electron chi connectivity index (χ1n) is 5.51. The number of nitrogens with zero attached hydrogens (tertiary/aromatic N) is 1. The highest BCUT2D eigenvalue weighted by atomic mass is 79.9. The fourth-order valence-electron chi connectivity index (χ4n) is 1.63. The van der Waals surface area contributed by atoms with Crippen LogP contribution in [0.1, 0.15) is 5.56 Å². The first-order chi connectivity index (χ1) is 9.79. The molecule has 9 heteroatoms. The number of aromatic hydroxyl groups is 1. The number of carbonyl (C=O) groups excluding carboxylic acids is 3. The normalized spacial score (nSPS) is 16.9. The Balaban J connectivity index is 2.37. The number of phenols is 1. The predicted molar refractivity (Wildman–Crippen MR) is 82.7 cm³/mol. The largest absolute Gasteiger partial charge is 0.506 e. The number of nitrogens with two attached hydrogens (primary N) is 1. The maximum absolute atomic E-state index is 12.0. The van der Waals surface area contributed by atoms with E-state index >= 15 is 0 Å². The first kappa shape index (κ1) is 15.9. The highest BCUT2D eigenvalue weighted by Crippen LogP contribution is 2.37. The molecule has 1 aromatic rings. The predicted octanol–water partition coefficient (Wildman–Crippen LogP) is 2.33. The molecule has 0 bridgehead atoms. The molecular weight excluding hydrogens is 384 g/mol. The van der Waals surface area contributed by atoms with Gasteiger partial charge in [-0.3, -0.25) is 19.3 Å². The Bertz CT molecular complexity index is 692. The van der Waals surface area contributed by atoms with Crippen molar-refractivity contribution in [2.75, 3.05) is 6.54 Å². The molecule has 110 valence electrons. The molecule has 1 aliphatic heterocycles. The van der Waals surface area contributed by atoms with Crippen LogP contribution in [0.2, 0.25) is 5.02 Å². The van der Waals surface area contributed by atoms with Crippen molar-refractivity contribution in [1.82, 2.24) is 4.90 Å². The van der Waals surface area contributed by atoms with E-state index < -0.39 is 23.6 Å². The molecule has 1 saturated heterocycles. The highest BCUT2D eigenvalue weighted by molar-refractivity contribution is 9.10. The molecule has 3 amide bonds. The summed E-state index contributed by atoms with van der Waals surface area (Å²) in [7, 11) is 0. The molecule has 0 saturated carbocycles. The molecule has 1 aliphatic rings. The van der Waals surface area contributed by atoms with Crippen LogP contribution in [0.25, 0.3) is 6.08 Å². The van der Waals surface area contributed by atoms with E-state index in [9.17, 15) is 19.5 Å². The van der Waals surface area contributed by atoms with Crippen LogP contribution >= 0.6 is 39.3 Å². The second-order valence-electron chi connectivity index (χ2n) is 4.06. The van der Waals surface area contributed by atoms with Crippen molar-refractivity contribution >= 4 is 62.4 Å². The zero-order valence-corrected chi connectivity index (χ0v) is 13.5. The zero-order chi connectivity index (χ0) is 15.7. The average molecular weight is 392 g/mol. The number of thioether (sulfide) groups is 1. The van der Waals surface area contributed by atoms with E-state index in [2.05, 4.69) is 15.9 Å². The minimum Gasteiger partial charge on any atom is -0.506 e. The summed E-state index contributed by atoms with van der Waals surface area (Å²) in [5.74, 6) is -1.53. The van der Waals surface area contributed by atoms with Gasteiger partial charge in [-0.15, -0.1) is 0 Å². The van der Waals surface area contributed by atoms with E-state index in [4.69, 9.17) is 17.3 Å². The van der Waals surface area contributed by atoms with Gasteiger partial charge < -0.3 is 10.8 Å². The molecule has 0 unspecified atom stereocenters. The van der Waals surface area contributed by atoms with Gasteiger partial charge in [0.1, 0.15) is 12.3 Å². The number of carbonyl (C=O) groups is 3. The van der Waals surface area contributed by atoms with Crippen LogP contribution in [0.5, 0.6) is 5.75 Å². The topological polar surface area (TPSA) is 101 Å². The van der Waals surface area contributed by atoms with Gasteiger partial charge in [0, 0.05) is 10.6 Å². The second-order valence-corrected chi connectivity index (χ2v) is 6.34. The highest BCUT2D eigenvalue weighted by Gasteiger charge is 2.36. The Morgan fingerprint density at radius 2 is 2.14 bits per heavy atom. The fourth-order valence-corrected chi connectivity index (χ4v) is 3.29. The van der Waals surface area contributed by atoms with E-state index in [-0.39, 0.29) is 16.2 Å². The van der Waals surface area contributed by atoms with Crippen molar-refractivity contribution in [2.24, 2.45) is 5.73 Å². The molecule has 1 heterocycles. The third kappa shape index (κ3) is 3.39. The van der Waals surface area contributed by atoms with Crippen molar-refractivity contribution in [3.8, 4) is 5.75 Å². The van der Waals surface area contributed by atoms with Crippen LogP contribution in [-0.2, 0) is 9.59 Å². The van der Waals surface area contributed by atoms with Crippen LogP contribution in [0, 0.1) is 0 Å². The maximum Gasteiger partial charge on any atom is 0.294 e. The van der Waals surface area contributed by atoms with Crippen molar-refractivity contribution in [2.45, 2.75) is 0 Å². The van der Waals surface area contributed by atoms with Crippen LogP contribution in [0.3, 0.4) is 0 Å². The molecule has 21 heavy (non-hydrogen) atoms. The minimum atomic E-state index is -0.785.